The molecule has 3 rings (SSSR count). The van der Waals surface area contributed by atoms with Crippen LogP contribution in [0.4, 0.5) is 4.39 Å². The van der Waals surface area contributed by atoms with E-state index >= 15 is 0 Å². The third-order valence-corrected chi connectivity index (χ3v) is 4.46. The van der Waals surface area contributed by atoms with Crippen LogP contribution in [0.1, 0.15) is 29.9 Å². The Kier molecular flexibility index (Phi) is 5.08. The van der Waals surface area contributed by atoms with Gasteiger partial charge in [0.05, 0.1) is 0 Å². The molecule has 0 N–H and O–H groups in total. The van der Waals surface area contributed by atoms with Crippen molar-refractivity contribution in [2.45, 2.75) is 30.2 Å². The summed E-state index contributed by atoms with van der Waals surface area (Å²) in [6.45, 7) is 2.14. The highest BCUT2D eigenvalue weighted by Crippen LogP contribution is 2.24. The molecule has 0 saturated heterocycles. The Morgan fingerprint density at radius 1 is 1.04 bits per heavy atom. The Labute approximate surface area is 138 Å². The quantitative estimate of drug-likeness (QED) is 0.607. The third kappa shape index (κ3) is 4.42. The van der Waals surface area contributed by atoms with Crippen molar-refractivity contribution in [3.63, 3.8) is 0 Å². The van der Waals surface area contributed by atoms with Crippen molar-refractivity contribution in [3.05, 3.63) is 77.4 Å². The zero-order valence-corrected chi connectivity index (χ0v) is 13.6. The number of rotatable bonds is 6. The van der Waals surface area contributed by atoms with Crippen LogP contribution in [-0.2, 0) is 12.2 Å². The lowest BCUT2D eigenvalue weighted by atomic mass is 9.98. The van der Waals surface area contributed by atoms with Gasteiger partial charge in [0.2, 0.25) is 5.89 Å². The first kappa shape index (κ1) is 15.7. The molecule has 5 heteroatoms. The molecule has 1 atom stereocenters. The van der Waals surface area contributed by atoms with Gasteiger partial charge >= 0.3 is 0 Å². The second-order valence-electron chi connectivity index (χ2n) is 5.39. The molecule has 0 amide bonds. The summed E-state index contributed by atoms with van der Waals surface area (Å²) >= 11 is 1.46. The normalized spacial score (nSPS) is 12.3. The van der Waals surface area contributed by atoms with Crippen LogP contribution in [0.15, 0.2) is 64.2 Å². The molecule has 0 bridgehead atoms. The summed E-state index contributed by atoms with van der Waals surface area (Å²) in [5, 5.41) is 8.72. The fourth-order valence-electron chi connectivity index (χ4n) is 2.27. The lowest BCUT2D eigenvalue weighted by Gasteiger charge is -2.08. The van der Waals surface area contributed by atoms with Crippen molar-refractivity contribution < 1.29 is 8.81 Å². The van der Waals surface area contributed by atoms with Gasteiger partial charge in [-0.1, -0.05) is 61.2 Å². The van der Waals surface area contributed by atoms with Gasteiger partial charge in [-0.3, -0.25) is 0 Å². The zero-order chi connectivity index (χ0) is 16.1. The minimum Gasteiger partial charge on any atom is -0.416 e. The van der Waals surface area contributed by atoms with E-state index in [-0.39, 0.29) is 5.82 Å². The van der Waals surface area contributed by atoms with Crippen LogP contribution < -0.4 is 0 Å². The molecule has 2 aromatic carbocycles. The van der Waals surface area contributed by atoms with Gasteiger partial charge in [-0.15, -0.1) is 10.2 Å². The largest absolute Gasteiger partial charge is 0.416 e. The van der Waals surface area contributed by atoms with E-state index in [1.165, 1.54) is 29.5 Å². The van der Waals surface area contributed by atoms with E-state index in [1.54, 1.807) is 12.1 Å². The average molecular weight is 328 g/mol. The monoisotopic (exact) mass is 328 g/mol. The number of aromatic nitrogens is 2. The maximum atomic E-state index is 12.9. The van der Waals surface area contributed by atoms with Gasteiger partial charge < -0.3 is 4.42 Å². The number of nitrogens with zero attached hydrogens (tertiary/aromatic N) is 2. The summed E-state index contributed by atoms with van der Waals surface area (Å²) in [7, 11) is 0. The van der Waals surface area contributed by atoms with Gasteiger partial charge in [-0.25, -0.2) is 4.39 Å². The van der Waals surface area contributed by atoms with Crippen molar-refractivity contribution in [1.29, 1.82) is 0 Å². The Bertz CT molecular complexity index is 743. The lowest BCUT2D eigenvalue weighted by molar-refractivity contribution is 0.404. The van der Waals surface area contributed by atoms with Gasteiger partial charge in [0.25, 0.3) is 5.22 Å². The van der Waals surface area contributed by atoms with Crippen LogP contribution in [0.5, 0.6) is 0 Å². The van der Waals surface area contributed by atoms with Crippen molar-refractivity contribution >= 4 is 11.8 Å². The predicted molar refractivity (Wildman–Crippen MR) is 88.8 cm³/mol. The Balaban J connectivity index is 1.56. The molecule has 3 nitrogen and oxygen atoms in total. The molecule has 1 unspecified atom stereocenters. The summed E-state index contributed by atoms with van der Waals surface area (Å²) in [5.74, 6) is 1.42. The van der Waals surface area contributed by atoms with E-state index in [1.807, 2.05) is 18.2 Å². The van der Waals surface area contributed by atoms with Crippen LogP contribution >= 0.6 is 11.8 Å². The number of benzene rings is 2. The number of hydrogen-bond acceptors (Lipinski definition) is 4. The predicted octanol–water partition coefficient (Wildman–Crippen LogP) is 4.85. The SMILES string of the molecule is CC(Cc1nnc(SCc2ccc(F)cc2)o1)c1ccccc1. The molecule has 0 saturated carbocycles. The van der Waals surface area contributed by atoms with E-state index in [2.05, 4.69) is 29.3 Å². The highest BCUT2D eigenvalue weighted by atomic mass is 32.2. The second-order valence-corrected chi connectivity index (χ2v) is 6.32. The summed E-state index contributed by atoms with van der Waals surface area (Å²) in [6.07, 6.45) is 0.716. The Morgan fingerprint density at radius 2 is 1.78 bits per heavy atom. The molecular weight excluding hydrogens is 311 g/mol. The van der Waals surface area contributed by atoms with E-state index in [0.29, 0.717) is 29.2 Å². The van der Waals surface area contributed by atoms with Gasteiger partial charge in [-0.05, 0) is 29.2 Å². The highest BCUT2D eigenvalue weighted by Gasteiger charge is 2.12. The molecule has 0 fully saturated rings. The first-order valence-electron chi connectivity index (χ1n) is 7.45. The lowest BCUT2D eigenvalue weighted by Crippen LogP contribution is -1.98. The van der Waals surface area contributed by atoms with Crippen molar-refractivity contribution in [1.82, 2.24) is 10.2 Å². The van der Waals surface area contributed by atoms with Crippen LogP contribution in [0.2, 0.25) is 0 Å². The molecule has 0 aliphatic carbocycles. The molecule has 23 heavy (non-hydrogen) atoms. The molecular formula is C18H17FN2OS. The molecule has 0 aliphatic heterocycles. The van der Waals surface area contributed by atoms with Crippen molar-refractivity contribution in [3.8, 4) is 0 Å². The fraction of sp³-hybridized carbons (Fsp3) is 0.222. The summed E-state index contributed by atoms with van der Waals surface area (Å²) in [5.41, 5.74) is 2.28. The van der Waals surface area contributed by atoms with Crippen LogP contribution in [0.25, 0.3) is 0 Å². The van der Waals surface area contributed by atoms with Gasteiger partial charge in [0.1, 0.15) is 5.82 Å². The highest BCUT2D eigenvalue weighted by molar-refractivity contribution is 7.98. The maximum absolute atomic E-state index is 12.9. The zero-order valence-electron chi connectivity index (χ0n) is 12.8. The molecule has 118 valence electrons. The summed E-state index contributed by atoms with van der Waals surface area (Å²) in [6, 6.07) is 16.7. The molecule has 1 aromatic heterocycles. The first-order valence-corrected chi connectivity index (χ1v) is 8.44. The standard InChI is InChI=1S/C18H17FN2OS/c1-13(15-5-3-2-4-6-15)11-17-20-21-18(22-17)23-12-14-7-9-16(19)10-8-14/h2-10,13H,11-12H2,1H3. The molecule has 0 aliphatic rings. The van der Waals surface area contributed by atoms with Crippen molar-refractivity contribution in [2.75, 3.05) is 0 Å². The summed E-state index contributed by atoms with van der Waals surface area (Å²) < 4.78 is 18.6. The van der Waals surface area contributed by atoms with E-state index < -0.39 is 0 Å². The Morgan fingerprint density at radius 3 is 2.52 bits per heavy atom. The number of thioether (sulfide) groups is 1. The van der Waals surface area contributed by atoms with Crippen molar-refractivity contribution in [2.24, 2.45) is 0 Å². The third-order valence-electron chi connectivity index (χ3n) is 3.57. The molecule has 0 spiro atoms. The van der Waals surface area contributed by atoms with Gasteiger partial charge in [-0.2, -0.15) is 0 Å². The maximum Gasteiger partial charge on any atom is 0.276 e. The summed E-state index contributed by atoms with van der Waals surface area (Å²) in [4.78, 5) is 0. The molecule has 3 aromatic rings. The van der Waals surface area contributed by atoms with E-state index in [0.717, 1.165) is 5.56 Å². The Hall–Kier alpha value is -2.14. The molecule has 1 heterocycles. The number of hydrogen-bond donors (Lipinski definition) is 0. The number of halogens is 1. The second kappa shape index (κ2) is 7.42. The smallest absolute Gasteiger partial charge is 0.276 e. The van der Waals surface area contributed by atoms with Crippen LogP contribution in [0, 0.1) is 5.82 Å². The van der Waals surface area contributed by atoms with Crippen LogP contribution in [0.3, 0.4) is 0 Å². The van der Waals surface area contributed by atoms with Gasteiger partial charge in [0, 0.05) is 12.2 Å². The minimum atomic E-state index is -0.228. The van der Waals surface area contributed by atoms with E-state index in [4.69, 9.17) is 4.42 Å². The van der Waals surface area contributed by atoms with Gasteiger partial charge in [0.15, 0.2) is 0 Å². The van der Waals surface area contributed by atoms with E-state index in [9.17, 15) is 4.39 Å². The molecule has 0 radical (unpaired) electrons. The first-order chi connectivity index (χ1) is 11.2. The average Bonchev–Trinajstić information content (AvgIpc) is 3.02. The topological polar surface area (TPSA) is 38.9 Å². The minimum absolute atomic E-state index is 0.228. The van der Waals surface area contributed by atoms with Crippen LogP contribution in [-0.4, -0.2) is 10.2 Å². The fourth-order valence-corrected chi connectivity index (χ4v) is 3.00.